The summed E-state index contributed by atoms with van der Waals surface area (Å²) in [7, 11) is 0. The second-order valence-corrected chi connectivity index (χ2v) is 9.27. The molecule has 0 saturated carbocycles. The van der Waals surface area contributed by atoms with Crippen LogP contribution in [0.5, 0.6) is 5.75 Å². The van der Waals surface area contributed by atoms with Gasteiger partial charge in [0.2, 0.25) is 11.7 Å². The summed E-state index contributed by atoms with van der Waals surface area (Å²) in [5, 5.41) is 8.70. The highest BCUT2D eigenvalue weighted by atomic mass is 35.5. The first-order valence-corrected chi connectivity index (χ1v) is 11.3. The highest BCUT2D eigenvalue weighted by molar-refractivity contribution is 7.08. The normalized spacial score (nSPS) is 17.2. The molecule has 8 heteroatoms. The number of benzene rings is 1. The summed E-state index contributed by atoms with van der Waals surface area (Å²) in [6.07, 6.45) is 2.64. The molecule has 1 aromatic carbocycles. The Labute approximate surface area is 184 Å². The van der Waals surface area contributed by atoms with Crippen molar-refractivity contribution in [3.8, 4) is 17.1 Å². The van der Waals surface area contributed by atoms with Crippen molar-refractivity contribution in [3.63, 3.8) is 0 Å². The van der Waals surface area contributed by atoms with Gasteiger partial charge in [0.15, 0.2) is 5.60 Å². The molecule has 1 saturated heterocycles. The van der Waals surface area contributed by atoms with Gasteiger partial charge >= 0.3 is 0 Å². The van der Waals surface area contributed by atoms with Crippen LogP contribution < -0.4 is 4.74 Å². The minimum absolute atomic E-state index is 0.0216. The van der Waals surface area contributed by atoms with Crippen LogP contribution in [0.3, 0.4) is 0 Å². The van der Waals surface area contributed by atoms with Crippen LogP contribution in [0.1, 0.15) is 32.6 Å². The Balaban J connectivity index is 1.38. The smallest absolute Gasteiger partial charge is 0.266 e. The largest absolute Gasteiger partial charge is 0.478 e. The third-order valence-electron chi connectivity index (χ3n) is 5.22. The molecule has 1 unspecified atom stereocenters. The molecule has 1 fully saturated rings. The van der Waals surface area contributed by atoms with E-state index in [1.165, 1.54) is 0 Å². The van der Waals surface area contributed by atoms with E-state index in [1.54, 1.807) is 49.4 Å². The zero-order valence-corrected chi connectivity index (χ0v) is 18.6. The van der Waals surface area contributed by atoms with Gasteiger partial charge in [-0.05, 0) is 68.3 Å². The number of carbonyl (C=O) groups excluding carboxylic acids is 1. The van der Waals surface area contributed by atoms with Gasteiger partial charge in [0.25, 0.3) is 5.91 Å². The molecule has 0 bridgehead atoms. The number of aromatic nitrogens is 2. The van der Waals surface area contributed by atoms with Gasteiger partial charge in [-0.1, -0.05) is 16.8 Å². The number of rotatable bonds is 6. The van der Waals surface area contributed by atoms with Crippen molar-refractivity contribution in [2.24, 2.45) is 5.92 Å². The highest BCUT2D eigenvalue weighted by Gasteiger charge is 2.36. The van der Waals surface area contributed by atoms with E-state index in [9.17, 15) is 4.79 Å². The topological polar surface area (TPSA) is 68.5 Å². The molecule has 3 aromatic rings. The first-order valence-electron chi connectivity index (χ1n) is 10.00. The molecule has 2 aromatic heterocycles. The van der Waals surface area contributed by atoms with Gasteiger partial charge in [0.1, 0.15) is 5.75 Å². The van der Waals surface area contributed by atoms with E-state index < -0.39 is 5.60 Å². The van der Waals surface area contributed by atoms with Crippen LogP contribution >= 0.6 is 22.9 Å². The standard InChI is InChI=1S/C22H24ClN3O3S/c1-22(2,28-18-7-5-17(23)6-8-18)21(27)26-10-3-4-15(13-26)12-19-24-20(25-29-19)16-9-11-30-14-16/h5-9,11,14-15H,3-4,10,12-13H2,1-2H3. The van der Waals surface area contributed by atoms with Crippen molar-refractivity contribution in [3.05, 3.63) is 52.0 Å². The van der Waals surface area contributed by atoms with Crippen LogP contribution in [-0.2, 0) is 11.2 Å². The van der Waals surface area contributed by atoms with E-state index in [1.807, 2.05) is 21.7 Å². The molecule has 0 radical (unpaired) electrons. The van der Waals surface area contributed by atoms with E-state index in [2.05, 4.69) is 10.1 Å². The fraction of sp³-hybridized carbons (Fsp3) is 0.409. The monoisotopic (exact) mass is 445 g/mol. The molecule has 1 aliphatic heterocycles. The third kappa shape index (κ3) is 4.84. The van der Waals surface area contributed by atoms with E-state index in [-0.39, 0.29) is 11.8 Å². The lowest BCUT2D eigenvalue weighted by molar-refractivity contribution is -0.147. The average Bonchev–Trinajstić information content (AvgIpc) is 3.41. The van der Waals surface area contributed by atoms with Gasteiger partial charge in [-0.3, -0.25) is 4.79 Å². The number of ether oxygens (including phenoxy) is 1. The maximum Gasteiger partial charge on any atom is 0.266 e. The number of hydrogen-bond donors (Lipinski definition) is 0. The van der Waals surface area contributed by atoms with Crippen LogP contribution in [0.15, 0.2) is 45.6 Å². The molecule has 1 amide bonds. The molecular formula is C22H24ClN3O3S. The van der Waals surface area contributed by atoms with Crippen molar-refractivity contribution >= 4 is 28.8 Å². The number of hydrogen-bond acceptors (Lipinski definition) is 6. The molecule has 1 aliphatic rings. The zero-order valence-electron chi connectivity index (χ0n) is 17.0. The van der Waals surface area contributed by atoms with Crippen molar-refractivity contribution in [1.29, 1.82) is 0 Å². The van der Waals surface area contributed by atoms with Crippen LogP contribution in [0.2, 0.25) is 5.02 Å². The molecule has 3 heterocycles. The summed E-state index contributed by atoms with van der Waals surface area (Å²) >= 11 is 7.53. The van der Waals surface area contributed by atoms with Gasteiger partial charge in [-0.15, -0.1) is 0 Å². The Hall–Kier alpha value is -2.38. The number of halogens is 1. The lowest BCUT2D eigenvalue weighted by atomic mass is 9.93. The number of carbonyl (C=O) groups is 1. The number of likely N-dealkylation sites (tertiary alicyclic amines) is 1. The Morgan fingerprint density at radius 2 is 2.13 bits per heavy atom. The summed E-state index contributed by atoms with van der Waals surface area (Å²) < 4.78 is 11.4. The molecule has 0 aliphatic carbocycles. The van der Waals surface area contributed by atoms with Crippen LogP contribution in [0, 0.1) is 5.92 Å². The molecule has 4 rings (SSSR count). The van der Waals surface area contributed by atoms with E-state index in [0.717, 1.165) is 24.9 Å². The van der Waals surface area contributed by atoms with Gasteiger partial charge in [-0.25, -0.2) is 0 Å². The van der Waals surface area contributed by atoms with Crippen LogP contribution in [0.25, 0.3) is 11.4 Å². The number of piperidine rings is 1. The number of amides is 1. The summed E-state index contributed by atoms with van der Waals surface area (Å²) in [5.41, 5.74) is 0.00308. The lowest BCUT2D eigenvalue weighted by Gasteiger charge is -2.37. The van der Waals surface area contributed by atoms with Crippen molar-refractivity contribution < 1.29 is 14.1 Å². The summed E-state index contributed by atoms with van der Waals surface area (Å²) in [6, 6.07) is 9.03. The minimum Gasteiger partial charge on any atom is -0.478 e. The predicted octanol–water partition coefficient (Wildman–Crippen LogP) is 5.09. The molecular weight excluding hydrogens is 422 g/mol. The van der Waals surface area contributed by atoms with E-state index in [4.69, 9.17) is 20.9 Å². The van der Waals surface area contributed by atoms with Gasteiger partial charge in [0, 0.05) is 35.5 Å². The quantitative estimate of drug-likeness (QED) is 0.528. The zero-order chi connectivity index (χ0) is 21.1. The Bertz CT molecular complexity index is 985. The fourth-order valence-electron chi connectivity index (χ4n) is 3.73. The highest BCUT2D eigenvalue weighted by Crippen LogP contribution is 2.27. The third-order valence-corrected chi connectivity index (χ3v) is 6.15. The Morgan fingerprint density at radius 1 is 1.33 bits per heavy atom. The Morgan fingerprint density at radius 3 is 2.87 bits per heavy atom. The molecule has 0 spiro atoms. The maximum absolute atomic E-state index is 13.2. The van der Waals surface area contributed by atoms with Gasteiger partial charge < -0.3 is 14.2 Å². The van der Waals surface area contributed by atoms with E-state index >= 15 is 0 Å². The van der Waals surface area contributed by atoms with E-state index in [0.29, 0.717) is 35.5 Å². The Kier molecular flexibility index (Phi) is 6.11. The average molecular weight is 446 g/mol. The first-order chi connectivity index (χ1) is 14.4. The van der Waals surface area contributed by atoms with Crippen molar-refractivity contribution in [2.75, 3.05) is 13.1 Å². The first kappa shape index (κ1) is 20.9. The van der Waals surface area contributed by atoms with Crippen molar-refractivity contribution in [2.45, 2.75) is 38.7 Å². The van der Waals surface area contributed by atoms with Crippen molar-refractivity contribution in [1.82, 2.24) is 15.0 Å². The van der Waals surface area contributed by atoms with Gasteiger partial charge in [-0.2, -0.15) is 16.3 Å². The predicted molar refractivity (Wildman–Crippen MR) is 117 cm³/mol. The fourth-order valence-corrected chi connectivity index (χ4v) is 4.49. The second kappa shape index (κ2) is 8.78. The number of thiophene rings is 1. The lowest BCUT2D eigenvalue weighted by Crippen LogP contribution is -2.52. The molecule has 30 heavy (non-hydrogen) atoms. The van der Waals surface area contributed by atoms with Crippen LogP contribution in [-0.4, -0.2) is 39.6 Å². The second-order valence-electron chi connectivity index (χ2n) is 8.05. The number of nitrogens with zero attached hydrogens (tertiary/aromatic N) is 3. The molecule has 6 nitrogen and oxygen atoms in total. The molecule has 0 N–H and O–H groups in total. The summed E-state index contributed by atoms with van der Waals surface area (Å²) in [4.78, 5) is 19.6. The summed E-state index contributed by atoms with van der Waals surface area (Å²) in [6.45, 7) is 4.99. The SMILES string of the molecule is CC(C)(Oc1ccc(Cl)cc1)C(=O)N1CCCC(Cc2nc(-c3ccsc3)no2)C1. The molecule has 158 valence electrons. The van der Waals surface area contributed by atoms with Crippen LogP contribution in [0.4, 0.5) is 0 Å². The minimum atomic E-state index is -0.966. The van der Waals surface area contributed by atoms with Gasteiger partial charge in [0.05, 0.1) is 0 Å². The molecule has 1 atom stereocenters. The summed E-state index contributed by atoms with van der Waals surface area (Å²) in [5.74, 6) is 2.12. The maximum atomic E-state index is 13.2.